The van der Waals surface area contributed by atoms with Crippen LogP contribution in [0.4, 0.5) is 19.3 Å². The maximum atomic E-state index is 14.0. The molecule has 0 aliphatic carbocycles. The number of carbonyl (C=O) groups is 2. The van der Waals surface area contributed by atoms with Crippen LogP contribution in [0.1, 0.15) is 25.5 Å². The van der Waals surface area contributed by atoms with E-state index in [0.717, 1.165) is 12.1 Å². The Labute approximate surface area is 208 Å². The van der Waals surface area contributed by atoms with Crippen LogP contribution in [0, 0.1) is 11.6 Å². The third-order valence-corrected chi connectivity index (χ3v) is 4.83. The highest BCUT2D eigenvalue weighted by atomic mass is 19.1. The molecular formula is C26H29F2NO7. The molecule has 0 saturated heterocycles. The number of esters is 1. The number of nitrogens with one attached hydrogen (secondary N) is 1. The van der Waals surface area contributed by atoms with Crippen LogP contribution in [-0.2, 0) is 19.0 Å². The number of aliphatic hydroxyl groups excluding tert-OH is 1. The summed E-state index contributed by atoms with van der Waals surface area (Å²) in [5.41, 5.74) is 0.867. The van der Waals surface area contributed by atoms with Crippen LogP contribution < -0.4 is 10.1 Å². The molecule has 10 heteroatoms. The number of allylic oxidation sites excluding steroid dienone is 2. The molecule has 0 unspecified atom stereocenters. The van der Waals surface area contributed by atoms with Crippen molar-refractivity contribution in [2.45, 2.75) is 26.1 Å². The lowest BCUT2D eigenvalue weighted by Crippen LogP contribution is -2.29. The van der Waals surface area contributed by atoms with E-state index in [1.807, 2.05) is 0 Å². The molecule has 2 aromatic carbocycles. The second-order valence-corrected chi connectivity index (χ2v) is 7.39. The summed E-state index contributed by atoms with van der Waals surface area (Å²) >= 11 is 0. The second-order valence-electron chi connectivity index (χ2n) is 7.39. The Morgan fingerprint density at radius 2 is 1.86 bits per heavy atom. The zero-order valence-electron chi connectivity index (χ0n) is 20.2. The quantitative estimate of drug-likeness (QED) is 0.245. The lowest BCUT2D eigenvalue weighted by atomic mass is 9.98. The fourth-order valence-corrected chi connectivity index (χ4v) is 3.18. The van der Waals surface area contributed by atoms with Gasteiger partial charge in [-0.2, -0.15) is 0 Å². The van der Waals surface area contributed by atoms with Gasteiger partial charge in [0, 0.05) is 19.3 Å². The largest absolute Gasteiger partial charge is 0.491 e. The van der Waals surface area contributed by atoms with Gasteiger partial charge in [-0.15, -0.1) is 0 Å². The summed E-state index contributed by atoms with van der Waals surface area (Å²) in [7, 11) is 1.42. The number of benzene rings is 2. The van der Waals surface area contributed by atoms with Crippen LogP contribution in [0.3, 0.4) is 0 Å². The minimum Gasteiger partial charge on any atom is -0.491 e. The normalized spacial score (nSPS) is 13.2. The molecule has 0 aliphatic heterocycles. The van der Waals surface area contributed by atoms with Crippen LogP contribution in [0.25, 0.3) is 0 Å². The molecule has 2 N–H and O–H groups in total. The molecular weight excluding hydrogens is 476 g/mol. The number of ether oxygens (including phenoxy) is 4. The van der Waals surface area contributed by atoms with E-state index in [4.69, 9.17) is 24.1 Å². The second kappa shape index (κ2) is 14.6. The standard InChI is InChI=1S/C26H29F2NO7/c1-4-34-23(31)7-5-6-17(2)24(33-3)25(18-8-11-20(12-9-18)35-15-14-30)36-26(32)29-22-13-10-19(27)16-21(22)28/h5-13,16,24-25,30H,4,14-15H2,1-3H3,(H,29,32)/b7-5+,17-6+/t24-,25-/m0/s1. The number of hydrogen-bond donors (Lipinski definition) is 2. The van der Waals surface area contributed by atoms with E-state index in [-0.39, 0.29) is 25.5 Å². The summed E-state index contributed by atoms with van der Waals surface area (Å²) < 4.78 is 48.6. The van der Waals surface area contributed by atoms with Gasteiger partial charge in [-0.1, -0.05) is 24.3 Å². The summed E-state index contributed by atoms with van der Waals surface area (Å²) in [6, 6.07) is 9.28. The summed E-state index contributed by atoms with van der Waals surface area (Å²) in [5, 5.41) is 11.2. The fraction of sp³-hybridized carbons (Fsp3) is 0.308. The number of anilines is 1. The van der Waals surface area contributed by atoms with Crippen LogP contribution in [-0.4, -0.2) is 50.2 Å². The highest BCUT2D eigenvalue weighted by Gasteiger charge is 2.29. The van der Waals surface area contributed by atoms with E-state index in [1.54, 1.807) is 44.2 Å². The van der Waals surface area contributed by atoms with Gasteiger partial charge in [0.15, 0.2) is 6.10 Å². The molecule has 0 bridgehead atoms. The Morgan fingerprint density at radius 3 is 2.47 bits per heavy atom. The smallest absolute Gasteiger partial charge is 0.412 e. The number of rotatable bonds is 12. The van der Waals surface area contributed by atoms with E-state index in [9.17, 15) is 18.4 Å². The zero-order valence-corrected chi connectivity index (χ0v) is 20.2. The molecule has 0 radical (unpaired) electrons. The summed E-state index contributed by atoms with van der Waals surface area (Å²) in [6.45, 7) is 3.61. The van der Waals surface area contributed by atoms with Gasteiger partial charge in [0.1, 0.15) is 30.1 Å². The monoisotopic (exact) mass is 505 g/mol. The van der Waals surface area contributed by atoms with Gasteiger partial charge in [0.25, 0.3) is 0 Å². The maximum absolute atomic E-state index is 14.0. The number of halogens is 2. The molecule has 0 aliphatic rings. The van der Waals surface area contributed by atoms with Gasteiger partial charge in [-0.3, -0.25) is 5.32 Å². The molecule has 0 fully saturated rings. The van der Waals surface area contributed by atoms with Gasteiger partial charge < -0.3 is 24.1 Å². The topological polar surface area (TPSA) is 103 Å². The number of carbonyl (C=O) groups excluding carboxylic acids is 2. The SMILES string of the molecule is CCOC(=O)/C=C/C=C(\C)[C@H](OC)[C@@H](OC(=O)Nc1ccc(F)cc1F)c1ccc(OCCO)cc1. The Hall–Kier alpha value is -3.76. The van der Waals surface area contributed by atoms with Gasteiger partial charge in [0.2, 0.25) is 0 Å². The van der Waals surface area contributed by atoms with E-state index >= 15 is 0 Å². The Kier molecular flexibility index (Phi) is 11.5. The van der Waals surface area contributed by atoms with E-state index in [2.05, 4.69) is 5.32 Å². The fourth-order valence-electron chi connectivity index (χ4n) is 3.18. The average molecular weight is 506 g/mol. The minimum absolute atomic E-state index is 0.111. The van der Waals surface area contributed by atoms with Crippen LogP contribution in [0.15, 0.2) is 66.3 Å². The molecule has 0 heterocycles. The van der Waals surface area contributed by atoms with Crippen molar-refractivity contribution in [1.82, 2.24) is 0 Å². The number of amides is 1. The van der Waals surface area contributed by atoms with Crippen molar-refractivity contribution in [1.29, 1.82) is 0 Å². The van der Waals surface area contributed by atoms with E-state index in [0.29, 0.717) is 23.0 Å². The van der Waals surface area contributed by atoms with Gasteiger partial charge >= 0.3 is 12.1 Å². The van der Waals surface area contributed by atoms with Crippen molar-refractivity contribution in [3.8, 4) is 5.75 Å². The number of methoxy groups -OCH3 is 1. The molecule has 2 atom stereocenters. The Bertz CT molecular complexity index is 1070. The third kappa shape index (κ3) is 8.79. The Morgan fingerprint density at radius 1 is 1.14 bits per heavy atom. The van der Waals surface area contributed by atoms with Crippen molar-refractivity contribution in [2.24, 2.45) is 0 Å². The first-order chi connectivity index (χ1) is 17.3. The first-order valence-electron chi connectivity index (χ1n) is 11.1. The lowest BCUT2D eigenvalue weighted by molar-refractivity contribution is -0.137. The first-order valence-corrected chi connectivity index (χ1v) is 11.1. The maximum Gasteiger partial charge on any atom is 0.412 e. The lowest BCUT2D eigenvalue weighted by Gasteiger charge is -2.27. The van der Waals surface area contributed by atoms with Crippen molar-refractivity contribution in [3.05, 3.63) is 83.5 Å². The predicted octanol–water partition coefficient (Wildman–Crippen LogP) is 4.71. The molecule has 0 aromatic heterocycles. The predicted molar refractivity (Wildman–Crippen MR) is 129 cm³/mol. The first kappa shape index (κ1) is 28.5. The number of aliphatic hydroxyl groups is 1. The molecule has 36 heavy (non-hydrogen) atoms. The minimum atomic E-state index is -1.00. The Balaban J connectivity index is 2.31. The van der Waals surface area contributed by atoms with Gasteiger partial charge in [0.05, 0.1) is 18.9 Å². The van der Waals surface area contributed by atoms with E-state index in [1.165, 1.54) is 19.3 Å². The van der Waals surface area contributed by atoms with Crippen molar-refractivity contribution >= 4 is 17.7 Å². The molecule has 1 amide bonds. The van der Waals surface area contributed by atoms with Crippen molar-refractivity contribution in [3.63, 3.8) is 0 Å². The average Bonchev–Trinajstić information content (AvgIpc) is 2.85. The van der Waals surface area contributed by atoms with Gasteiger partial charge in [-0.25, -0.2) is 18.4 Å². The molecule has 8 nitrogen and oxygen atoms in total. The molecule has 194 valence electrons. The van der Waals surface area contributed by atoms with Crippen molar-refractivity contribution < 1.29 is 42.4 Å². The molecule has 2 aromatic rings. The van der Waals surface area contributed by atoms with Crippen molar-refractivity contribution in [2.75, 3.05) is 32.2 Å². The highest BCUT2D eigenvalue weighted by molar-refractivity contribution is 5.85. The highest BCUT2D eigenvalue weighted by Crippen LogP contribution is 2.30. The number of hydrogen-bond acceptors (Lipinski definition) is 7. The zero-order chi connectivity index (χ0) is 26.5. The van der Waals surface area contributed by atoms with Gasteiger partial charge in [-0.05, 0) is 49.2 Å². The third-order valence-electron chi connectivity index (χ3n) is 4.83. The van der Waals surface area contributed by atoms with Crippen LogP contribution in [0.2, 0.25) is 0 Å². The molecule has 0 spiro atoms. The summed E-state index contributed by atoms with van der Waals surface area (Å²) in [6.07, 6.45) is 1.53. The van der Waals surface area contributed by atoms with E-state index < -0.39 is 35.9 Å². The van der Waals surface area contributed by atoms with Crippen LogP contribution >= 0.6 is 0 Å². The summed E-state index contributed by atoms with van der Waals surface area (Å²) in [5.74, 6) is -1.77. The molecule has 2 rings (SSSR count). The molecule has 0 saturated carbocycles. The van der Waals surface area contributed by atoms with Crippen LogP contribution in [0.5, 0.6) is 5.75 Å². The summed E-state index contributed by atoms with van der Waals surface area (Å²) in [4.78, 5) is 24.2.